The van der Waals surface area contributed by atoms with Crippen LogP contribution in [0.3, 0.4) is 0 Å². The lowest BCUT2D eigenvalue weighted by atomic mass is 10.1. The van der Waals surface area contributed by atoms with Crippen LogP contribution in [0.25, 0.3) is 6.08 Å². The molecule has 2 aromatic carbocycles. The van der Waals surface area contributed by atoms with Crippen LogP contribution in [0.5, 0.6) is 11.5 Å². The molecule has 3 rings (SSSR count). The molecule has 5 nitrogen and oxygen atoms in total. The number of carbonyl (C=O) groups excluding carboxylic acids is 2. The summed E-state index contributed by atoms with van der Waals surface area (Å²) >= 11 is 15.4. The number of halogens is 3. The number of ether oxygens (including phenoxy) is 2. The number of thioether (sulfide) groups is 1. The van der Waals surface area contributed by atoms with E-state index in [4.69, 9.17) is 32.7 Å². The summed E-state index contributed by atoms with van der Waals surface area (Å²) in [6.07, 6.45) is 1.67. The Hall–Kier alpha value is -1.42. The molecule has 0 saturated carbocycles. The van der Waals surface area contributed by atoms with E-state index in [1.54, 1.807) is 37.5 Å². The molecule has 0 N–H and O–H groups in total. The van der Waals surface area contributed by atoms with Gasteiger partial charge in [0.25, 0.3) is 11.1 Å². The van der Waals surface area contributed by atoms with Crippen molar-refractivity contribution in [3.05, 3.63) is 60.0 Å². The third kappa shape index (κ3) is 4.84. The number of benzene rings is 2. The third-order valence-electron chi connectivity index (χ3n) is 4.09. The van der Waals surface area contributed by atoms with Crippen LogP contribution in [0.1, 0.15) is 18.1 Å². The number of hydrogen-bond acceptors (Lipinski definition) is 5. The summed E-state index contributed by atoms with van der Waals surface area (Å²) in [5, 5.41) is 0.448. The highest BCUT2D eigenvalue weighted by molar-refractivity contribution is 14.1. The minimum absolute atomic E-state index is 0.0187. The number of carbonyl (C=O) groups is 2. The first-order valence-electron chi connectivity index (χ1n) is 8.54. The van der Waals surface area contributed by atoms with Gasteiger partial charge in [-0.3, -0.25) is 14.5 Å². The molecule has 0 spiro atoms. The molecule has 1 aliphatic rings. The monoisotopic (exact) mass is 563 g/mol. The van der Waals surface area contributed by atoms with Crippen LogP contribution >= 0.6 is 57.6 Å². The third-order valence-corrected chi connectivity index (χ3v) is 6.50. The molecular weight excluding hydrogens is 548 g/mol. The molecule has 1 aliphatic heterocycles. The maximum Gasteiger partial charge on any atom is 0.293 e. The predicted molar refractivity (Wildman–Crippen MR) is 125 cm³/mol. The zero-order valence-corrected chi connectivity index (χ0v) is 20.0. The van der Waals surface area contributed by atoms with E-state index in [0.29, 0.717) is 38.6 Å². The molecule has 9 heteroatoms. The second-order valence-electron chi connectivity index (χ2n) is 5.94. The summed E-state index contributed by atoms with van der Waals surface area (Å²) in [7, 11) is 1.57. The maximum absolute atomic E-state index is 12.8. The molecule has 2 amide bonds. The number of methoxy groups -OCH3 is 1. The van der Waals surface area contributed by atoms with Gasteiger partial charge in [-0.25, -0.2) is 0 Å². The Kier molecular flexibility index (Phi) is 7.37. The zero-order valence-electron chi connectivity index (χ0n) is 15.5. The van der Waals surface area contributed by atoms with Crippen molar-refractivity contribution in [2.75, 3.05) is 13.7 Å². The van der Waals surface area contributed by atoms with E-state index in [2.05, 4.69) is 22.6 Å². The lowest BCUT2D eigenvalue weighted by Crippen LogP contribution is -2.27. The average molecular weight is 564 g/mol. The molecule has 1 heterocycles. The molecule has 29 heavy (non-hydrogen) atoms. The molecule has 1 saturated heterocycles. The fourth-order valence-corrected chi connectivity index (χ4v) is 4.96. The molecule has 2 aromatic rings. The summed E-state index contributed by atoms with van der Waals surface area (Å²) in [6, 6.07) is 8.70. The van der Waals surface area contributed by atoms with Crippen LogP contribution in [-0.4, -0.2) is 29.8 Å². The van der Waals surface area contributed by atoms with Crippen molar-refractivity contribution >= 4 is 74.8 Å². The molecule has 0 unspecified atom stereocenters. The fraction of sp³-hybridized carbons (Fsp3) is 0.200. The lowest BCUT2D eigenvalue weighted by Gasteiger charge is -2.15. The van der Waals surface area contributed by atoms with Gasteiger partial charge in [-0.05, 0) is 77.2 Å². The Morgan fingerprint density at radius 3 is 2.52 bits per heavy atom. The van der Waals surface area contributed by atoms with Crippen molar-refractivity contribution in [3.63, 3.8) is 0 Å². The topological polar surface area (TPSA) is 55.8 Å². The van der Waals surface area contributed by atoms with Gasteiger partial charge < -0.3 is 9.47 Å². The molecular formula is C20H16Cl2INO4S. The first kappa shape index (κ1) is 22.3. The first-order valence-corrected chi connectivity index (χ1v) is 11.2. The van der Waals surface area contributed by atoms with Gasteiger partial charge in [0, 0.05) is 15.6 Å². The summed E-state index contributed by atoms with van der Waals surface area (Å²) in [5.74, 6) is 0.820. The van der Waals surface area contributed by atoms with Crippen molar-refractivity contribution in [1.29, 1.82) is 0 Å². The number of hydrogen-bond donors (Lipinski definition) is 0. The SMILES string of the molecule is CCOc1cc(/C=C2\SC(=O)N(Cc3c(Cl)cccc3Cl)C2=O)cc(I)c1OC. The van der Waals surface area contributed by atoms with Gasteiger partial charge in [-0.2, -0.15) is 0 Å². The standard InChI is InChI=1S/C20H16Cl2INO4S/c1-3-28-16-8-11(7-15(23)18(16)27-2)9-17-19(25)24(20(26)29-17)10-12-13(21)5-4-6-14(12)22/h4-9H,3,10H2,1-2H3/b17-9-. The van der Waals surface area contributed by atoms with E-state index in [9.17, 15) is 9.59 Å². The smallest absolute Gasteiger partial charge is 0.293 e. The second-order valence-corrected chi connectivity index (χ2v) is 8.90. The Labute approximate surface area is 196 Å². The Morgan fingerprint density at radius 1 is 1.21 bits per heavy atom. The van der Waals surface area contributed by atoms with E-state index >= 15 is 0 Å². The van der Waals surface area contributed by atoms with Gasteiger partial charge in [-0.15, -0.1) is 0 Å². The van der Waals surface area contributed by atoms with Crippen molar-refractivity contribution < 1.29 is 19.1 Å². The van der Waals surface area contributed by atoms with E-state index < -0.39 is 0 Å². The van der Waals surface area contributed by atoms with Gasteiger partial charge in [0.2, 0.25) is 0 Å². The van der Waals surface area contributed by atoms with Crippen LogP contribution < -0.4 is 9.47 Å². The molecule has 0 aliphatic carbocycles. The number of rotatable bonds is 6. The van der Waals surface area contributed by atoms with Crippen LogP contribution in [0.4, 0.5) is 4.79 Å². The van der Waals surface area contributed by atoms with Crippen molar-refractivity contribution in [2.45, 2.75) is 13.5 Å². The Bertz CT molecular complexity index is 992. The average Bonchev–Trinajstić information content (AvgIpc) is 2.92. The highest BCUT2D eigenvalue weighted by atomic mass is 127. The summed E-state index contributed by atoms with van der Waals surface area (Å²) < 4.78 is 11.9. The molecule has 1 fully saturated rings. The van der Waals surface area contributed by atoms with E-state index in [1.807, 2.05) is 13.0 Å². The Morgan fingerprint density at radius 2 is 1.90 bits per heavy atom. The van der Waals surface area contributed by atoms with Gasteiger partial charge >= 0.3 is 0 Å². The lowest BCUT2D eigenvalue weighted by molar-refractivity contribution is -0.123. The second kappa shape index (κ2) is 9.59. The van der Waals surface area contributed by atoms with Gasteiger partial charge in [0.15, 0.2) is 11.5 Å². The van der Waals surface area contributed by atoms with E-state index in [0.717, 1.165) is 25.8 Å². The van der Waals surface area contributed by atoms with Crippen molar-refractivity contribution in [3.8, 4) is 11.5 Å². The molecule has 0 bridgehead atoms. The molecule has 0 aromatic heterocycles. The molecule has 152 valence electrons. The minimum Gasteiger partial charge on any atom is -0.492 e. The molecule has 0 atom stereocenters. The van der Waals surface area contributed by atoms with Crippen LogP contribution in [0, 0.1) is 3.57 Å². The van der Waals surface area contributed by atoms with Crippen LogP contribution in [0.2, 0.25) is 10.0 Å². The normalized spacial score (nSPS) is 15.3. The van der Waals surface area contributed by atoms with Gasteiger partial charge in [0.05, 0.1) is 28.7 Å². The summed E-state index contributed by atoms with van der Waals surface area (Å²) in [5.41, 5.74) is 1.27. The van der Waals surface area contributed by atoms with Gasteiger partial charge in [0.1, 0.15) is 0 Å². The van der Waals surface area contributed by atoms with Crippen molar-refractivity contribution in [2.24, 2.45) is 0 Å². The van der Waals surface area contributed by atoms with Crippen LogP contribution in [0.15, 0.2) is 35.2 Å². The van der Waals surface area contributed by atoms with E-state index in [-0.39, 0.29) is 17.7 Å². The maximum atomic E-state index is 12.8. The number of amides is 2. The zero-order chi connectivity index (χ0) is 21.1. The summed E-state index contributed by atoms with van der Waals surface area (Å²) in [4.78, 5) is 26.7. The van der Waals surface area contributed by atoms with E-state index in [1.165, 1.54) is 0 Å². The highest BCUT2D eigenvalue weighted by Crippen LogP contribution is 2.38. The van der Waals surface area contributed by atoms with Crippen molar-refractivity contribution in [1.82, 2.24) is 4.90 Å². The predicted octanol–water partition coefficient (Wildman–Crippen LogP) is 6.24. The van der Waals surface area contributed by atoms with Crippen LogP contribution in [-0.2, 0) is 11.3 Å². The largest absolute Gasteiger partial charge is 0.492 e. The highest BCUT2D eigenvalue weighted by Gasteiger charge is 2.35. The Balaban J connectivity index is 1.90. The quantitative estimate of drug-likeness (QED) is 0.307. The minimum atomic E-state index is -0.389. The first-order chi connectivity index (χ1) is 13.8. The van der Waals surface area contributed by atoms with Gasteiger partial charge in [-0.1, -0.05) is 29.3 Å². The number of imide groups is 1. The molecule has 0 radical (unpaired) electrons. The number of nitrogens with zero attached hydrogens (tertiary/aromatic N) is 1. The fourth-order valence-electron chi connectivity index (χ4n) is 2.76. The summed E-state index contributed by atoms with van der Waals surface area (Å²) in [6.45, 7) is 2.38.